The van der Waals surface area contributed by atoms with Gasteiger partial charge in [0.1, 0.15) is 17.2 Å². The summed E-state index contributed by atoms with van der Waals surface area (Å²) in [6, 6.07) is 16.1. The number of rotatable bonds is 6. The molecule has 3 aromatic carbocycles. The number of esters is 2. The number of methoxy groups -OCH3 is 1. The Morgan fingerprint density at radius 1 is 1.09 bits per heavy atom. The number of hydrogen-bond acceptors (Lipinski definition) is 7. The summed E-state index contributed by atoms with van der Waals surface area (Å²) >= 11 is 5.91. The van der Waals surface area contributed by atoms with Gasteiger partial charge in [-0.3, -0.25) is 9.59 Å². The Balaban J connectivity index is 1.78. The second kappa shape index (κ2) is 9.34. The third-order valence-electron chi connectivity index (χ3n) is 5.34. The Kier molecular flexibility index (Phi) is 6.33. The molecule has 0 spiro atoms. The lowest BCUT2D eigenvalue weighted by Crippen LogP contribution is -2.22. The number of aromatic hydroxyl groups is 1. The van der Waals surface area contributed by atoms with Crippen LogP contribution in [0.2, 0.25) is 5.02 Å². The van der Waals surface area contributed by atoms with Crippen molar-refractivity contribution in [2.75, 3.05) is 13.7 Å². The first-order valence-corrected chi connectivity index (χ1v) is 10.4. The maximum absolute atomic E-state index is 13.1. The molecular weight excluding hydrogens is 448 g/mol. The molecule has 8 heteroatoms. The van der Waals surface area contributed by atoms with Gasteiger partial charge in [-0.2, -0.15) is 0 Å². The van der Waals surface area contributed by atoms with E-state index in [1.54, 1.807) is 48.5 Å². The summed E-state index contributed by atoms with van der Waals surface area (Å²) in [4.78, 5) is 36.9. The number of phenols is 1. The highest BCUT2D eigenvalue weighted by molar-refractivity contribution is 6.30. The zero-order valence-electron chi connectivity index (χ0n) is 17.5. The molecule has 7 nitrogen and oxygen atoms in total. The number of hydrogen-bond donors (Lipinski definition) is 1. The van der Waals surface area contributed by atoms with Crippen molar-refractivity contribution in [3.8, 4) is 17.2 Å². The SMILES string of the molecule is COC(=O)COc1ccccc1C1CC(=O)Oc2ccc(C(=O)c3ccc(Cl)cc3)c(O)c21. The Labute approximate surface area is 194 Å². The second-order valence-electron chi connectivity index (χ2n) is 7.34. The van der Waals surface area contributed by atoms with Crippen LogP contribution < -0.4 is 9.47 Å². The number of phenolic OH excluding ortho intramolecular Hbond substituents is 1. The van der Waals surface area contributed by atoms with Gasteiger partial charge in [0.25, 0.3) is 0 Å². The molecule has 1 N–H and O–H groups in total. The van der Waals surface area contributed by atoms with Crippen molar-refractivity contribution in [1.29, 1.82) is 0 Å². The maximum atomic E-state index is 13.1. The van der Waals surface area contributed by atoms with E-state index in [9.17, 15) is 19.5 Å². The molecule has 1 atom stereocenters. The lowest BCUT2D eigenvalue weighted by atomic mass is 9.83. The van der Waals surface area contributed by atoms with Gasteiger partial charge in [0.2, 0.25) is 0 Å². The average molecular weight is 467 g/mol. The standard InChI is InChI=1S/C25H19ClO7/c1-31-22(28)13-32-19-5-3-2-4-16(19)18-12-21(27)33-20-11-10-17(25(30)23(18)20)24(29)14-6-8-15(26)9-7-14/h2-11,18,30H,12-13H2,1H3. The summed E-state index contributed by atoms with van der Waals surface area (Å²) in [5.41, 5.74) is 1.27. The van der Waals surface area contributed by atoms with E-state index in [1.807, 2.05) is 0 Å². The van der Waals surface area contributed by atoms with Crippen molar-refractivity contribution in [1.82, 2.24) is 0 Å². The summed E-state index contributed by atoms with van der Waals surface area (Å²) in [6.45, 7) is -0.321. The van der Waals surface area contributed by atoms with Crippen LogP contribution in [0.4, 0.5) is 0 Å². The molecule has 1 aliphatic rings. The number of ether oxygens (including phenoxy) is 3. The van der Waals surface area contributed by atoms with Gasteiger partial charge in [0.15, 0.2) is 12.4 Å². The van der Waals surface area contributed by atoms with E-state index in [-0.39, 0.29) is 30.1 Å². The van der Waals surface area contributed by atoms with Crippen LogP contribution in [0.15, 0.2) is 60.7 Å². The maximum Gasteiger partial charge on any atom is 0.343 e. The van der Waals surface area contributed by atoms with Crippen molar-refractivity contribution >= 4 is 29.3 Å². The lowest BCUT2D eigenvalue weighted by molar-refractivity contribution is -0.143. The third-order valence-corrected chi connectivity index (χ3v) is 5.59. The van der Waals surface area contributed by atoms with Gasteiger partial charge in [-0.15, -0.1) is 0 Å². The average Bonchev–Trinajstić information content (AvgIpc) is 2.82. The van der Waals surface area contributed by atoms with Crippen LogP contribution in [-0.2, 0) is 14.3 Å². The molecule has 0 aliphatic carbocycles. The summed E-state index contributed by atoms with van der Waals surface area (Å²) in [5, 5.41) is 11.6. The molecule has 4 rings (SSSR count). The number of ketones is 1. The third kappa shape index (κ3) is 4.54. The quantitative estimate of drug-likeness (QED) is 0.329. The summed E-state index contributed by atoms with van der Waals surface area (Å²) < 4.78 is 15.6. The van der Waals surface area contributed by atoms with Crippen molar-refractivity contribution in [3.63, 3.8) is 0 Å². The predicted molar refractivity (Wildman–Crippen MR) is 119 cm³/mol. The van der Waals surface area contributed by atoms with Crippen LogP contribution in [0.1, 0.15) is 39.4 Å². The van der Waals surface area contributed by atoms with Gasteiger partial charge in [0, 0.05) is 27.6 Å². The van der Waals surface area contributed by atoms with E-state index in [2.05, 4.69) is 4.74 Å². The smallest absolute Gasteiger partial charge is 0.343 e. The number of benzene rings is 3. The predicted octanol–water partition coefficient (Wildman–Crippen LogP) is 4.27. The highest BCUT2D eigenvalue weighted by Crippen LogP contribution is 2.47. The van der Waals surface area contributed by atoms with Crippen LogP contribution in [0, 0.1) is 0 Å². The monoisotopic (exact) mass is 466 g/mol. The van der Waals surface area contributed by atoms with E-state index < -0.39 is 23.6 Å². The fraction of sp³-hybridized carbons (Fsp3) is 0.160. The largest absolute Gasteiger partial charge is 0.507 e. The van der Waals surface area contributed by atoms with Crippen LogP contribution in [-0.4, -0.2) is 36.5 Å². The molecule has 1 unspecified atom stereocenters. The molecule has 0 aromatic heterocycles. The fourth-order valence-electron chi connectivity index (χ4n) is 3.75. The minimum absolute atomic E-state index is 0.0620. The Morgan fingerprint density at radius 3 is 2.55 bits per heavy atom. The van der Waals surface area contributed by atoms with E-state index in [4.69, 9.17) is 21.1 Å². The number of fused-ring (bicyclic) bond motifs is 1. The van der Waals surface area contributed by atoms with E-state index in [0.717, 1.165) is 0 Å². The number of halogens is 1. The lowest BCUT2D eigenvalue weighted by Gasteiger charge is -2.27. The first kappa shape index (κ1) is 22.4. The molecule has 3 aromatic rings. The number of carbonyl (C=O) groups is 3. The molecule has 0 saturated heterocycles. The van der Waals surface area contributed by atoms with Crippen LogP contribution in [0.25, 0.3) is 0 Å². The van der Waals surface area contributed by atoms with Gasteiger partial charge >= 0.3 is 11.9 Å². The normalized spacial score (nSPS) is 14.7. The van der Waals surface area contributed by atoms with Gasteiger partial charge < -0.3 is 19.3 Å². The van der Waals surface area contributed by atoms with Crippen molar-refractivity contribution in [3.05, 3.63) is 87.9 Å². The van der Waals surface area contributed by atoms with Crippen LogP contribution in [0.3, 0.4) is 0 Å². The molecule has 1 aliphatic heterocycles. The van der Waals surface area contributed by atoms with E-state index in [0.29, 0.717) is 27.5 Å². The summed E-state index contributed by atoms with van der Waals surface area (Å²) in [5.74, 6) is -1.90. The molecule has 168 valence electrons. The topological polar surface area (TPSA) is 99.1 Å². The highest BCUT2D eigenvalue weighted by atomic mass is 35.5. The molecule has 0 fully saturated rings. The van der Waals surface area contributed by atoms with Crippen molar-refractivity contribution < 1.29 is 33.7 Å². The van der Waals surface area contributed by atoms with Crippen molar-refractivity contribution in [2.45, 2.75) is 12.3 Å². The fourth-order valence-corrected chi connectivity index (χ4v) is 3.88. The van der Waals surface area contributed by atoms with Crippen LogP contribution in [0.5, 0.6) is 17.2 Å². The molecule has 0 saturated carbocycles. The van der Waals surface area contributed by atoms with E-state index >= 15 is 0 Å². The number of para-hydroxylation sites is 1. The molecule has 0 amide bonds. The second-order valence-corrected chi connectivity index (χ2v) is 7.78. The Hall–Kier alpha value is -3.84. The van der Waals surface area contributed by atoms with Gasteiger partial charge in [-0.05, 0) is 42.5 Å². The number of carbonyl (C=O) groups excluding carboxylic acids is 3. The van der Waals surface area contributed by atoms with Gasteiger partial charge in [-0.1, -0.05) is 29.8 Å². The van der Waals surface area contributed by atoms with E-state index in [1.165, 1.54) is 19.2 Å². The first-order chi connectivity index (χ1) is 15.9. The first-order valence-electron chi connectivity index (χ1n) is 10.0. The molecule has 33 heavy (non-hydrogen) atoms. The Bertz CT molecular complexity index is 1230. The summed E-state index contributed by atoms with van der Waals surface area (Å²) in [6.07, 6.45) is -0.0856. The zero-order valence-corrected chi connectivity index (χ0v) is 18.3. The van der Waals surface area contributed by atoms with Gasteiger partial charge in [0.05, 0.1) is 19.1 Å². The minimum Gasteiger partial charge on any atom is -0.507 e. The molecule has 0 bridgehead atoms. The van der Waals surface area contributed by atoms with Crippen LogP contribution >= 0.6 is 11.6 Å². The molecular formula is C25H19ClO7. The minimum atomic E-state index is -0.659. The zero-order chi connectivity index (χ0) is 23.5. The highest BCUT2D eigenvalue weighted by Gasteiger charge is 2.35. The van der Waals surface area contributed by atoms with Crippen molar-refractivity contribution in [2.24, 2.45) is 0 Å². The summed E-state index contributed by atoms with van der Waals surface area (Å²) in [7, 11) is 1.25. The Morgan fingerprint density at radius 2 is 1.82 bits per heavy atom. The molecule has 1 heterocycles. The van der Waals surface area contributed by atoms with Gasteiger partial charge in [-0.25, -0.2) is 4.79 Å². The molecule has 0 radical (unpaired) electrons.